The summed E-state index contributed by atoms with van der Waals surface area (Å²) in [4.78, 5) is 45.3. The van der Waals surface area contributed by atoms with Gasteiger partial charge in [-0.3, -0.25) is 14.4 Å². The number of hydrogen-bond acceptors (Lipinski definition) is 6. The van der Waals surface area contributed by atoms with E-state index in [-0.39, 0.29) is 24.2 Å². The lowest BCUT2D eigenvalue weighted by Gasteiger charge is -2.35. The Bertz CT molecular complexity index is 1110. The van der Waals surface area contributed by atoms with E-state index in [1.165, 1.54) is 4.90 Å². The molecule has 3 amide bonds. The lowest BCUT2D eigenvalue weighted by molar-refractivity contribution is -0.143. The van der Waals surface area contributed by atoms with Crippen molar-refractivity contribution < 1.29 is 19.5 Å². The van der Waals surface area contributed by atoms with Gasteiger partial charge in [-0.15, -0.1) is 11.3 Å². The minimum absolute atomic E-state index is 0.0169. The molecule has 1 aromatic carbocycles. The number of benzene rings is 1. The first-order valence-corrected chi connectivity index (χ1v) is 13.3. The van der Waals surface area contributed by atoms with Crippen molar-refractivity contribution >= 4 is 50.7 Å². The third-order valence-electron chi connectivity index (χ3n) is 5.92. The van der Waals surface area contributed by atoms with Crippen molar-refractivity contribution in [2.45, 2.75) is 52.3 Å². The van der Waals surface area contributed by atoms with Gasteiger partial charge in [0.1, 0.15) is 12.1 Å². The minimum atomic E-state index is -0.876. The van der Waals surface area contributed by atoms with Crippen molar-refractivity contribution in [2.24, 2.45) is 5.41 Å². The molecule has 188 valence electrons. The van der Waals surface area contributed by atoms with Gasteiger partial charge in [0.05, 0.1) is 27.5 Å². The number of aliphatic hydroxyl groups excluding tert-OH is 1. The summed E-state index contributed by atoms with van der Waals surface area (Å²) in [5.41, 5.74) is 4.33. The number of aryl methyl sites for hydroxylation is 1. The number of thiazole rings is 1. The second-order valence-corrected chi connectivity index (χ2v) is 11.1. The lowest BCUT2D eigenvalue weighted by atomic mass is 9.85. The van der Waals surface area contributed by atoms with Crippen LogP contribution >= 0.6 is 27.3 Å². The summed E-state index contributed by atoms with van der Waals surface area (Å²) in [7, 11) is 0. The van der Waals surface area contributed by atoms with Crippen LogP contribution in [0.2, 0.25) is 0 Å². The molecule has 0 bridgehead atoms. The molecule has 1 saturated heterocycles. The number of aliphatic hydroxyl groups is 1. The maximum absolute atomic E-state index is 13.4. The van der Waals surface area contributed by atoms with Crippen molar-refractivity contribution in [1.82, 2.24) is 20.5 Å². The Morgan fingerprint density at radius 3 is 2.49 bits per heavy atom. The number of hydrogen-bond donors (Lipinski definition) is 3. The Hall–Kier alpha value is -2.56. The fourth-order valence-corrected chi connectivity index (χ4v) is 5.00. The van der Waals surface area contributed by atoms with Gasteiger partial charge in [-0.05, 0) is 23.5 Å². The normalized spacial score (nSPS) is 18.7. The summed E-state index contributed by atoms with van der Waals surface area (Å²) in [6, 6.07) is 5.91. The second kappa shape index (κ2) is 11.0. The Morgan fingerprint density at radius 1 is 1.29 bits per heavy atom. The zero-order chi connectivity index (χ0) is 25.9. The van der Waals surface area contributed by atoms with Gasteiger partial charge in [-0.1, -0.05) is 67.5 Å². The first-order valence-electron chi connectivity index (χ1n) is 11.3. The van der Waals surface area contributed by atoms with Gasteiger partial charge in [0.25, 0.3) is 0 Å². The number of carbonyl (C=O) groups excluding carboxylic acids is 3. The number of amides is 3. The molecule has 8 nitrogen and oxygen atoms in total. The number of nitrogens with zero attached hydrogens (tertiary/aromatic N) is 2. The third kappa shape index (κ3) is 6.36. The fourth-order valence-electron chi connectivity index (χ4n) is 4.03. The SMILES string of the molecule is C=C(NC(=O)[C@@H]1C[C@@H](O)CN1C(=O)[C@@H](NC(=O)CBr)C(C)(C)C)c1ccc(-c2scnc2C)cc1. The number of rotatable bonds is 7. The largest absolute Gasteiger partial charge is 0.391 e. The van der Waals surface area contributed by atoms with Gasteiger partial charge in [0, 0.05) is 18.7 Å². The van der Waals surface area contributed by atoms with Gasteiger partial charge in [0.2, 0.25) is 17.7 Å². The number of nitrogens with one attached hydrogen (secondary N) is 2. The Kier molecular flexibility index (Phi) is 8.50. The van der Waals surface area contributed by atoms with Crippen LogP contribution < -0.4 is 10.6 Å². The maximum atomic E-state index is 13.4. The Labute approximate surface area is 217 Å². The van der Waals surface area contributed by atoms with E-state index in [9.17, 15) is 19.5 Å². The second-order valence-electron chi connectivity index (χ2n) is 9.71. The van der Waals surface area contributed by atoms with E-state index in [0.29, 0.717) is 5.70 Å². The molecule has 1 aliphatic rings. The molecular weight excluding hydrogens is 532 g/mol. The van der Waals surface area contributed by atoms with Crippen LogP contribution in [0.15, 0.2) is 36.4 Å². The molecule has 0 radical (unpaired) electrons. The first kappa shape index (κ1) is 27.0. The van der Waals surface area contributed by atoms with E-state index < -0.39 is 35.4 Å². The molecule has 1 aromatic heterocycles. The van der Waals surface area contributed by atoms with Crippen LogP contribution in [0.25, 0.3) is 16.1 Å². The summed E-state index contributed by atoms with van der Waals surface area (Å²) in [6.07, 6.45) is -0.727. The van der Waals surface area contributed by atoms with Crippen molar-refractivity contribution in [3.63, 3.8) is 0 Å². The van der Waals surface area contributed by atoms with Crippen molar-refractivity contribution in [3.05, 3.63) is 47.6 Å². The average molecular weight is 564 g/mol. The van der Waals surface area contributed by atoms with Crippen LogP contribution in [0.3, 0.4) is 0 Å². The molecule has 3 atom stereocenters. The van der Waals surface area contributed by atoms with Gasteiger partial charge in [-0.25, -0.2) is 4.98 Å². The summed E-state index contributed by atoms with van der Waals surface area (Å²) in [5.74, 6) is -1.16. The highest BCUT2D eigenvalue weighted by atomic mass is 79.9. The summed E-state index contributed by atoms with van der Waals surface area (Å²) in [6.45, 7) is 11.5. The molecule has 3 N–H and O–H groups in total. The van der Waals surface area contributed by atoms with Crippen LogP contribution in [0, 0.1) is 12.3 Å². The molecule has 35 heavy (non-hydrogen) atoms. The minimum Gasteiger partial charge on any atom is -0.391 e. The first-order chi connectivity index (χ1) is 16.4. The standard InChI is InChI=1S/C25H31BrN4O4S/c1-14(16-6-8-17(9-7-16)21-15(2)27-13-35-21)28-23(33)19-10-18(31)12-30(19)24(34)22(25(3,4)5)29-20(32)11-26/h6-9,13,18-19,22,31H,1,10-12H2,2-5H3,(H,28,33)(H,29,32)/t18-,19+,22-/m1/s1. The lowest BCUT2D eigenvalue weighted by Crippen LogP contribution is -2.57. The average Bonchev–Trinajstić information content (AvgIpc) is 3.41. The highest BCUT2D eigenvalue weighted by Gasteiger charge is 2.44. The molecule has 3 rings (SSSR count). The number of aromatic nitrogens is 1. The smallest absolute Gasteiger partial charge is 0.247 e. The summed E-state index contributed by atoms with van der Waals surface area (Å²) < 4.78 is 0. The van der Waals surface area contributed by atoms with Crippen molar-refractivity contribution in [2.75, 3.05) is 11.9 Å². The highest BCUT2D eigenvalue weighted by Crippen LogP contribution is 2.29. The molecule has 2 aromatic rings. The molecular formula is C25H31BrN4O4S. The van der Waals surface area contributed by atoms with Gasteiger partial charge < -0.3 is 20.6 Å². The van der Waals surface area contributed by atoms with Crippen molar-refractivity contribution in [3.8, 4) is 10.4 Å². The molecule has 0 unspecified atom stereocenters. The molecule has 0 saturated carbocycles. The summed E-state index contributed by atoms with van der Waals surface area (Å²) in [5, 5.41) is 15.9. The van der Waals surface area contributed by atoms with Crippen LogP contribution in [0.1, 0.15) is 38.4 Å². The van der Waals surface area contributed by atoms with E-state index >= 15 is 0 Å². The Balaban J connectivity index is 1.73. The van der Waals surface area contributed by atoms with Gasteiger partial charge in [-0.2, -0.15) is 0 Å². The van der Waals surface area contributed by atoms with Crippen molar-refractivity contribution in [1.29, 1.82) is 0 Å². The van der Waals surface area contributed by atoms with E-state index in [1.807, 2.05) is 52.0 Å². The molecule has 2 heterocycles. The Morgan fingerprint density at radius 2 is 1.94 bits per heavy atom. The monoisotopic (exact) mass is 562 g/mol. The van der Waals surface area contributed by atoms with Gasteiger partial charge >= 0.3 is 0 Å². The highest BCUT2D eigenvalue weighted by molar-refractivity contribution is 9.09. The zero-order valence-corrected chi connectivity index (χ0v) is 22.7. The third-order valence-corrected chi connectivity index (χ3v) is 7.41. The predicted octanol–water partition coefficient (Wildman–Crippen LogP) is 3.09. The van der Waals surface area contributed by atoms with E-state index in [1.54, 1.807) is 16.8 Å². The van der Waals surface area contributed by atoms with Crippen LogP contribution in [0.4, 0.5) is 0 Å². The van der Waals surface area contributed by atoms with Crippen LogP contribution in [0.5, 0.6) is 0 Å². The van der Waals surface area contributed by atoms with E-state index in [0.717, 1.165) is 21.7 Å². The number of β-amino-alcohol motifs (C(OH)–C–C–N with tert-alkyl or cyclic N) is 1. The van der Waals surface area contributed by atoms with Crippen LogP contribution in [-0.2, 0) is 14.4 Å². The number of halogens is 1. The van der Waals surface area contributed by atoms with Crippen LogP contribution in [-0.4, -0.2) is 62.8 Å². The quantitative estimate of drug-likeness (QED) is 0.449. The van der Waals surface area contributed by atoms with Gasteiger partial charge in [0.15, 0.2) is 0 Å². The predicted molar refractivity (Wildman–Crippen MR) is 141 cm³/mol. The molecule has 1 aliphatic heterocycles. The molecule has 0 aliphatic carbocycles. The summed E-state index contributed by atoms with van der Waals surface area (Å²) >= 11 is 4.67. The topological polar surface area (TPSA) is 112 Å². The number of likely N-dealkylation sites (tertiary alicyclic amines) is 1. The molecule has 1 fully saturated rings. The number of alkyl halides is 1. The maximum Gasteiger partial charge on any atom is 0.247 e. The molecule has 10 heteroatoms. The van der Waals surface area contributed by atoms with E-state index in [4.69, 9.17) is 0 Å². The molecule has 0 spiro atoms. The fraction of sp³-hybridized carbons (Fsp3) is 0.440. The number of carbonyl (C=O) groups is 3. The van der Waals surface area contributed by atoms with E-state index in [2.05, 4.69) is 38.1 Å². The zero-order valence-electron chi connectivity index (χ0n) is 20.3.